The predicted molar refractivity (Wildman–Crippen MR) is 125 cm³/mol. The second-order valence-electron chi connectivity index (χ2n) is 11.2. The topological polar surface area (TPSA) is 99.1 Å². The molecule has 0 aromatic heterocycles. The summed E-state index contributed by atoms with van der Waals surface area (Å²) in [5.74, 6) is 0.940. The second-order valence-corrected chi connectivity index (χ2v) is 11.4. The maximum absolute atomic E-state index is 12.5. The number of rotatable bonds is 6. The molecule has 34 heavy (non-hydrogen) atoms. The number of esters is 1. The van der Waals surface area contributed by atoms with Crippen LogP contribution in [0.25, 0.3) is 0 Å². The summed E-state index contributed by atoms with van der Waals surface area (Å²) in [7, 11) is 0. The second kappa shape index (κ2) is 9.45. The lowest BCUT2D eigenvalue weighted by atomic mass is 9.47. The SMILES string of the molecule is CCC(O)(COC(=O)O[C@@H]1CC[C@H]2[C@@H]3CCC4=CC(=O)CC[C@]4(C)[C@H]3CC[C@]12C)C(=O)OCCl. The summed E-state index contributed by atoms with van der Waals surface area (Å²) in [6, 6.07) is -0.387. The van der Waals surface area contributed by atoms with Gasteiger partial charge >= 0.3 is 12.1 Å². The number of ether oxygens (including phenoxy) is 3. The van der Waals surface area contributed by atoms with Crippen molar-refractivity contribution in [2.45, 2.75) is 90.3 Å². The zero-order valence-corrected chi connectivity index (χ0v) is 21.2. The van der Waals surface area contributed by atoms with Crippen LogP contribution >= 0.6 is 11.6 Å². The van der Waals surface area contributed by atoms with Crippen LogP contribution in [0.1, 0.15) is 78.6 Å². The molecule has 0 aromatic carbocycles. The van der Waals surface area contributed by atoms with Gasteiger partial charge in [-0.1, -0.05) is 37.9 Å². The Morgan fingerprint density at radius 2 is 1.88 bits per heavy atom. The Bertz CT molecular complexity index is 871. The van der Waals surface area contributed by atoms with Gasteiger partial charge in [0.15, 0.2) is 17.5 Å². The van der Waals surface area contributed by atoms with E-state index in [1.165, 1.54) is 5.57 Å². The fourth-order valence-electron chi connectivity index (χ4n) is 7.52. The zero-order chi connectivity index (χ0) is 24.7. The van der Waals surface area contributed by atoms with E-state index in [1.807, 2.05) is 6.08 Å². The Kier molecular flexibility index (Phi) is 7.09. The van der Waals surface area contributed by atoms with Gasteiger partial charge in [-0.05, 0) is 80.6 Å². The smallest absolute Gasteiger partial charge is 0.447 e. The van der Waals surface area contributed by atoms with E-state index in [1.54, 1.807) is 6.92 Å². The van der Waals surface area contributed by atoms with Crippen LogP contribution in [0, 0.1) is 28.6 Å². The number of allylic oxidation sites excluding steroid dienone is 1. The minimum Gasteiger partial charge on any atom is -0.447 e. The first-order chi connectivity index (χ1) is 16.1. The fourth-order valence-corrected chi connectivity index (χ4v) is 7.62. The number of carbonyl (C=O) groups excluding carboxylic acids is 3. The van der Waals surface area contributed by atoms with E-state index in [2.05, 4.69) is 18.6 Å². The molecule has 0 saturated heterocycles. The third kappa shape index (κ3) is 4.27. The Morgan fingerprint density at radius 3 is 2.59 bits per heavy atom. The molecule has 0 bridgehead atoms. The Labute approximate surface area is 206 Å². The van der Waals surface area contributed by atoms with Crippen molar-refractivity contribution >= 4 is 29.5 Å². The van der Waals surface area contributed by atoms with E-state index in [-0.39, 0.29) is 35.2 Å². The lowest BCUT2D eigenvalue weighted by molar-refractivity contribution is -0.169. The van der Waals surface area contributed by atoms with Gasteiger partial charge in [-0.3, -0.25) is 4.79 Å². The first-order valence-corrected chi connectivity index (χ1v) is 13.1. The van der Waals surface area contributed by atoms with Gasteiger partial charge in [-0.2, -0.15) is 0 Å². The molecule has 4 rings (SSSR count). The van der Waals surface area contributed by atoms with Gasteiger partial charge in [-0.15, -0.1) is 0 Å². The molecular weight excluding hydrogens is 460 g/mol. The molecule has 8 heteroatoms. The van der Waals surface area contributed by atoms with Crippen LogP contribution in [0.2, 0.25) is 0 Å². The van der Waals surface area contributed by atoms with Gasteiger partial charge in [0.1, 0.15) is 12.7 Å². The standard InChI is InChI=1S/C26H37ClO7/c1-4-26(31,22(29)33-15-27)14-32-23(30)34-21-8-7-19-18-6-5-16-13-17(28)9-11-24(16,2)20(18)10-12-25(19,21)3/h13,18-21,31H,4-12,14-15H2,1-3H3/t18-,19-,20-,21+,24-,25-,26?/m0/s1. The quantitative estimate of drug-likeness (QED) is 0.411. The van der Waals surface area contributed by atoms with Crippen molar-refractivity contribution in [3.63, 3.8) is 0 Å². The maximum Gasteiger partial charge on any atom is 0.508 e. The van der Waals surface area contributed by atoms with Crippen LogP contribution in [0.15, 0.2) is 11.6 Å². The molecule has 0 heterocycles. The van der Waals surface area contributed by atoms with Crippen LogP contribution in [0.4, 0.5) is 4.79 Å². The van der Waals surface area contributed by atoms with Crippen molar-refractivity contribution < 1.29 is 33.7 Å². The van der Waals surface area contributed by atoms with Crippen LogP contribution in [0.3, 0.4) is 0 Å². The average molecular weight is 497 g/mol. The minimum atomic E-state index is -1.95. The molecule has 0 radical (unpaired) electrons. The molecule has 3 saturated carbocycles. The summed E-state index contributed by atoms with van der Waals surface area (Å²) in [5.41, 5.74) is -0.615. The highest BCUT2D eigenvalue weighted by atomic mass is 35.5. The fraction of sp³-hybridized carbons (Fsp3) is 0.808. The molecule has 4 aliphatic carbocycles. The molecule has 1 unspecified atom stereocenters. The van der Waals surface area contributed by atoms with Gasteiger partial charge in [0.2, 0.25) is 0 Å². The summed E-state index contributed by atoms with van der Waals surface area (Å²) in [6.45, 7) is 5.65. The summed E-state index contributed by atoms with van der Waals surface area (Å²) >= 11 is 5.41. The lowest BCUT2D eigenvalue weighted by Gasteiger charge is -2.57. The molecule has 0 aliphatic heterocycles. The van der Waals surface area contributed by atoms with E-state index in [0.717, 1.165) is 44.9 Å². The normalized spacial score (nSPS) is 38.5. The first-order valence-electron chi connectivity index (χ1n) is 12.6. The van der Waals surface area contributed by atoms with E-state index in [0.29, 0.717) is 24.2 Å². The molecule has 7 nitrogen and oxygen atoms in total. The summed E-state index contributed by atoms with van der Waals surface area (Å²) in [5, 5.41) is 10.4. The van der Waals surface area contributed by atoms with Crippen molar-refractivity contribution in [3.05, 3.63) is 11.6 Å². The molecule has 7 atom stereocenters. The molecule has 0 spiro atoms. The molecule has 190 valence electrons. The number of ketones is 1. The first kappa shape index (κ1) is 25.5. The average Bonchev–Trinajstić information content (AvgIpc) is 3.14. The van der Waals surface area contributed by atoms with Crippen LogP contribution in [0.5, 0.6) is 0 Å². The van der Waals surface area contributed by atoms with Gasteiger partial charge in [0.05, 0.1) is 0 Å². The van der Waals surface area contributed by atoms with Gasteiger partial charge in [0.25, 0.3) is 0 Å². The molecular formula is C26H37ClO7. The van der Waals surface area contributed by atoms with E-state index in [9.17, 15) is 19.5 Å². The molecule has 0 amide bonds. The molecule has 3 fully saturated rings. The third-order valence-electron chi connectivity index (χ3n) is 9.69. The Balaban J connectivity index is 1.40. The van der Waals surface area contributed by atoms with E-state index in [4.69, 9.17) is 21.1 Å². The van der Waals surface area contributed by atoms with E-state index >= 15 is 0 Å². The maximum atomic E-state index is 12.5. The van der Waals surface area contributed by atoms with Gasteiger partial charge in [0, 0.05) is 11.8 Å². The monoisotopic (exact) mass is 496 g/mol. The minimum absolute atomic E-state index is 0.0170. The van der Waals surface area contributed by atoms with E-state index < -0.39 is 24.3 Å². The van der Waals surface area contributed by atoms with Crippen molar-refractivity contribution in [2.75, 3.05) is 12.7 Å². The highest BCUT2D eigenvalue weighted by molar-refractivity contribution is 6.17. The molecule has 4 aliphatic rings. The third-order valence-corrected chi connectivity index (χ3v) is 9.80. The number of fused-ring (bicyclic) bond motifs is 5. The number of hydrogen-bond donors (Lipinski definition) is 1. The Morgan fingerprint density at radius 1 is 1.12 bits per heavy atom. The highest BCUT2D eigenvalue weighted by Crippen LogP contribution is 2.65. The van der Waals surface area contributed by atoms with Crippen molar-refractivity contribution in [3.8, 4) is 0 Å². The Hall–Kier alpha value is -1.60. The number of carbonyl (C=O) groups is 3. The van der Waals surface area contributed by atoms with Crippen molar-refractivity contribution in [2.24, 2.45) is 28.6 Å². The van der Waals surface area contributed by atoms with Crippen molar-refractivity contribution in [1.29, 1.82) is 0 Å². The molecule has 1 N–H and O–H groups in total. The van der Waals surface area contributed by atoms with Gasteiger partial charge in [-0.25, -0.2) is 9.59 Å². The largest absolute Gasteiger partial charge is 0.508 e. The zero-order valence-electron chi connectivity index (χ0n) is 20.4. The number of halogens is 1. The van der Waals surface area contributed by atoms with Gasteiger partial charge < -0.3 is 19.3 Å². The predicted octanol–water partition coefficient (Wildman–Crippen LogP) is 4.92. The number of alkyl halides is 1. The van der Waals surface area contributed by atoms with Crippen LogP contribution in [-0.2, 0) is 23.8 Å². The number of hydrogen-bond acceptors (Lipinski definition) is 7. The highest BCUT2D eigenvalue weighted by Gasteiger charge is 2.60. The number of aliphatic hydroxyl groups is 1. The van der Waals surface area contributed by atoms with Crippen molar-refractivity contribution in [1.82, 2.24) is 0 Å². The van der Waals surface area contributed by atoms with Crippen LogP contribution in [-0.4, -0.2) is 47.4 Å². The molecule has 0 aromatic rings. The lowest BCUT2D eigenvalue weighted by Crippen LogP contribution is -2.51. The summed E-state index contributed by atoms with van der Waals surface area (Å²) in [6.07, 6.45) is 8.29. The summed E-state index contributed by atoms with van der Waals surface area (Å²) < 4.78 is 15.6. The summed E-state index contributed by atoms with van der Waals surface area (Å²) in [4.78, 5) is 36.5. The van der Waals surface area contributed by atoms with Crippen LogP contribution < -0.4 is 0 Å².